The number of hydrogen-bond donors (Lipinski definition) is 4. The van der Waals surface area contributed by atoms with Crippen molar-refractivity contribution < 1.29 is 19.1 Å². The minimum absolute atomic E-state index is 0.0372. The first-order chi connectivity index (χ1) is 24.9. The summed E-state index contributed by atoms with van der Waals surface area (Å²) in [6.45, 7) is 21.4. The van der Waals surface area contributed by atoms with Crippen molar-refractivity contribution >= 4 is 47.9 Å². The van der Waals surface area contributed by atoms with Crippen molar-refractivity contribution in [1.82, 2.24) is 20.3 Å². The number of aromatic amines is 3. The van der Waals surface area contributed by atoms with Crippen molar-refractivity contribution in [3.05, 3.63) is 96.5 Å². The Hall–Kier alpha value is -4.85. The molecule has 8 heteroatoms. The van der Waals surface area contributed by atoms with E-state index >= 15 is 0 Å². The van der Waals surface area contributed by atoms with E-state index in [9.17, 15) is 14.4 Å². The standard InChI is InChI=1S/C44H54N4O4/c1-10-29-25(6)33-19-35-27(8)31(15-16-39(50)52-18-17-24(5)14-12-13-23(3)4)42(47-35)41-32(22-49)44(51)40-28(9)36(48-43(40)41)21-38-30(11-2)26(7)34(46-38)20-37(29)45-33/h10,17,19-23,27,31-32,45-48H,1,11-16,18H2,2-9H3/b24-17+,34-20-,35-19-,38-21-,42-41-/t27-,31-,32+/m0/s1. The zero-order valence-electron chi connectivity index (χ0n) is 32.1. The molecule has 0 unspecified atom stereocenters. The van der Waals surface area contributed by atoms with E-state index in [1.54, 1.807) is 0 Å². The van der Waals surface area contributed by atoms with Crippen LogP contribution in [0.2, 0.25) is 0 Å². The van der Waals surface area contributed by atoms with Crippen LogP contribution in [-0.2, 0) is 20.7 Å². The average Bonchev–Trinajstić information content (AvgIpc) is 3.84. The highest BCUT2D eigenvalue weighted by atomic mass is 16.5. The molecule has 3 aromatic rings. The Morgan fingerprint density at radius 2 is 1.71 bits per heavy atom. The molecule has 8 nitrogen and oxygen atoms in total. The van der Waals surface area contributed by atoms with Gasteiger partial charge in [0.15, 0.2) is 5.78 Å². The molecule has 5 heterocycles. The van der Waals surface area contributed by atoms with Crippen LogP contribution in [0.1, 0.15) is 128 Å². The van der Waals surface area contributed by atoms with Crippen LogP contribution in [0.4, 0.5) is 0 Å². The van der Waals surface area contributed by atoms with Crippen LogP contribution in [0.25, 0.3) is 29.9 Å². The fourth-order valence-corrected chi connectivity index (χ4v) is 8.33. The average molecular weight is 703 g/mol. The fraction of sp³-hybridized carbons (Fsp3) is 0.432. The Kier molecular flexibility index (Phi) is 10.7. The van der Waals surface area contributed by atoms with Crippen LogP contribution in [0, 0.1) is 44.4 Å². The molecule has 0 saturated carbocycles. The Morgan fingerprint density at radius 1 is 0.981 bits per heavy atom. The molecular weight excluding hydrogens is 649 g/mol. The lowest BCUT2D eigenvalue weighted by atomic mass is 9.85. The summed E-state index contributed by atoms with van der Waals surface area (Å²) >= 11 is 0. The van der Waals surface area contributed by atoms with Crippen molar-refractivity contribution in [3.63, 3.8) is 0 Å². The summed E-state index contributed by atoms with van der Waals surface area (Å²) in [4.78, 5) is 50.7. The topological polar surface area (TPSA) is 120 Å². The maximum atomic E-state index is 14.0. The van der Waals surface area contributed by atoms with E-state index in [4.69, 9.17) is 4.74 Å². The van der Waals surface area contributed by atoms with Gasteiger partial charge in [0.05, 0.1) is 5.69 Å². The molecule has 0 amide bonds. The minimum atomic E-state index is -0.938. The number of H-pyrrole nitrogens is 3. The summed E-state index contributed by atoms with van der Waals surface area (Å²) in [6.07, 6.45) is 15.9. The maximum Gasteiger partial charge on any atom is 0.306 e. The first-order valence-corrected chi connectivity index (χ1v) is 18.9. The van der Waals surface area contributed by atoms with E-state index in [0.29, 0.717) is 29.2 Å². The van der Waals surface area contributed by atoms with Crippen LogP contribution in [0.5, 0.6) is 0 Å². The third-order valence-electron chi connectivity index (χ3n) is 11.5. The van der Waals surface area contributed by atoms with Gasteiger partial charge in [0, 0.05) is 74.1 Å². The maximum absolute atomic E-state index is 14.0. The number of esters is 1. The molecule has 0 radical (unpaired) electrons. The minimum Gasteiger partial charge on any atom is -0.461 e. The summed E-state index contributed by atoms with van der Waals surface area (Å²) in [5.41, 5.74) is 12.9. The largest absolute Gasteiger partial charge is 0.461 e. The van der Waals surface area contributed by atoms with E-state index in [1.165, 1.54) is 23.1 Å². The Labute approximate surface area is 307 Å². The van der Waals surface area contributed by atoms with Crippen LogP contribution in [-0.4, -0.2) is 39.6 Å². The van der Waals surface area contributed by atoms with Crippen molar-refractivity contribution in [2.45, 2.75) is 93.9 Å². The molecule has 0 aromatic carbocycles. The van der Waals surface area contributed by atoms with Crippen molar-refractivity contribution in [2.75, 3.05) is 6.61 Å². The van der Waals surface area contributed by atoms with E-state index in [0.717, 1.165) is 81.4 Å². The molecule has 6 rings (SSSR count). The Balaban J connectivity index is 1.44. The summed E-state index contributed by atoms with van der Waals surface area (Å²) < 4.78 is 5.67. The normalized spacial score (nSPS) is 23.1. The molecule has 3 aromatic heterocycles. The van der Waals surface area contributed by atoms with Gasteiger partial charge in [0.1, 0.15) is 18.8 Å². The highest BCUT2D eigenvalue weighted by Crippen LogP contribution is 2.47. The molecule has 52 heavy (non-hydrogen) atoms. The second-order valence-corrected chi connectivity index (χ2v) is 15.3. The Morgan fingerprint density at radius 3 is 2.40 bits per heavy atom. The lowest BCUT2D eigenvalue weighted by Crippen LogP contribution is -2.18. The van der Waals surface area contributed by atoms with Gasteiger partial charge in [-0.25, -0.2) is 0 Å². The second-order valence-electron chi connectivity index (χ2n) is 15.3. The number of fused-ring (bicyclic) bond motifs is 7. The molecule has 1 saturated heterocycles. The predicted molar refractivity (Wildman–Crippen MR) is 210 cm³/mol. The number of hydrogen-bond acceptors (Lipinski definition) is 5. The summed E-state index contributed by atoms with van der Waals surface area (Å²) in [5.74, 6) is -0.916. The zero-order chi connectivity index (χ0) is 37.4. The molecular formula is C44H54N4O4. The summed E-state index contributed by atoms with van der Waals surface area (Å²) in [6, 6.07) is 0. The van der Waals surface area contributed by atoms with Crippen LogP contribution < -0.4 is 16.0 Å². The van der Waals surface area contributed by atoms with Crippen molar-refractivity contribution in [1.29, 1.82) is 0 Å². The number of rotatable bonds is 12. The first kappa shape index (κ1) is 36.9. The third-order valence-corrected chi connectivity index (χ3v) is 11.5. The number of aldehydes is 1. The third kappa shape index (κ3) is 6.75. The van der Waals surface area contributed by atoms with Gasteiger partial charge in [-0.05, 0) is 106 Å². The molecule has 3 aliphatic rings. The van der Waals surface area contributed by atoms with Gasteiger partial charge >= 0.3 is 5.97 Å². The molecule has 274 valence electrons. The van der Waals surface area contributed by atoms with E-state index in [-0.39, 0.29) is 36.6 Å². The zero-order valence-corrected chi connectivity index (χ0v) is 32.1. The highest BCUT2D eigenvalue weighted by molar-refractivity contribution is 6.22. The van der Waals surface area contributed by atoms with E-state index in [2.05, 4.69) is 93.5 Å². The SMILES string of the molecule is C=Cc1c2[nH]c(c1C)/C=C1\N/C(=C3\c4[nH]c(c(C)c4C(=O)[C@@H]3C=O)/C=c3\[nH]/c(c(C)c3CC)=C\2)[C@@H](CCC(=O)OC/C=C(\C)CCCC(C)C)[C@@H]1C. The number of carbonyl (C=O) groups excluding carboxylic acids is 3. The number of allylic oxidation sites excluding steroid dienone is 4. The lowest BCUT2D eigenvalue weighted by molar-refractivity contribution is -0.142. The summed E-state index contributed by atoms with van der Waals surface area (Å²) in [5, 5.41) is 5.67. The number of carbonyl (C=O) groups is 3. The van der Waals surface area contributed by atoms with Gasteiger partial charge in [-0.15, -0.1) is 0 Å². The molecule has 2 aliphatic heterocycles. The smallest absolute Gasteiger partial charge is 0.306 e. The van der Waals surface area contributed by atoms with E-state index in [1.807, 2.05) is 19.1 Å². The number of ether oxygens (including phenoxy) is 1. The molecule has 0 spiro atoms. The van der Waals surface area contributed by atoms with Gasteiger partial charge in [-0.1, -0.05) is 52.3 Å². The molecule has 1 aliphatic carbocycles. The fourth-order valence-electron chi connectivity index (χ4n) is 8.33. The van der Waals surface area contributed by atoms with Crippen LogP contribution in [0.15, 0.2) is 29.6 Å². The molecule has 3 atom stereocenters. The van der Waals surface area contributed by atoms with Gasteiger partial charge < -0.3 is 29.8 Å². The molecule has 1 fully saturated rings. The number of ketones is 1. The van der Waals surface area contributed by atoms with Gasteiger partial charge in [-0.3, -0.25) is 9.59 Å². The molecule has 8 bridgehead atoms. The highest BCUT2D eigenvalue weighted by Gasteiger charge is 2.45. The predicted octanol–water partition coefficient (Wildman–Crippen LogP) is 7.49. The van der Waals surface area contributed by atoms with Crippen LogP contribution >= 0.6 is 0 Å². The first-order valence-electron chi connectivity index (χ1n) is 18.9. The molecule has 4 N–H and O–H groups in total. The number of nitrogens with one attached hydrogen (secondary N) is 4. The number of Topliss-reactive ketones (excluding diaryl/α,β-unsaturated/α-hetero) is 1. The monoisotopic (exact) mass is 702 g/mol. The van der Waals surface area contributed by atoms with Gasteiger partial charge in [-0.2, -0.15) is 0 Å². The van der Waals surface area contributed by atoms with Crippen molar-refractivity contribution in [2.24, 2.45) is 23.7 Å². The lowest BCUT2D eigenvalue weighted by Gasteiger charge is -2.18. The van der Waals surface area contributed by atoms with Gasteiger partial charge in [0.25, 0.3) is 0 Å². The number of aromatic nitrogens is 3. The van der Waals surface area contributed by atoms with Crippen LogP contribution in [0.3, 0.4) is 0 Å². The Bertz CT molecular complexity index is 2160. The van der Waals surface area contributed by atoms with Crippen molar-refractivity contribution in [3.8, 4) is 0 Å². The van der Waals surface area contributed by atoms with Gasteiger partial charge in [0.2, 0.25) is 0 Å². The summed E-state index contributed by atoms with van der Waals surface area (Å²) in [7, 11) is 0. The van der Waals surface area contributed by atoms with E-state index < -0.39 is 5.92 Å². The second kappa shape index (κ2) is 15.0. The quantitative estimate of drug-likeness (QED) is 0.0675.